The largest absolute Gasteiger partial charge is 0.311 e. The third-order valence-electron chi connectivity index (χ3n) is 4.76. The van der Waals surface area contributed by atoms with E-state index in [1.165, 1.54) is 12.1 Å². The molecule has 25 heavy (non-hydrogen) atoms. The fraction of sp³-hybridized carbons (Fsp3) is 0.278. The van der Waals surface area contributed by atoms with Crippen molar-refractivity contribution < 1.29 is 9.18 Å². The summed E-state index contributed by atoms with van der Waals surface area (Å²) in [6, 6.07) is 6.22. The van der Waals surface area contributed by atoms with Crippen LogP contribution in [-0.4, -0.2) is 25.5 Å². The molecule has 1 aromatic carbocycles. The van der Waals surface area contributed by atoms with Gasteiger partial charge < -0.3 is 5.32 Å². The average molecular weight is 339 g/mol. The molecule has 1 aliphatic heterocycles. The monoisotopic (exact) mass is 339 g/mol. The van der Waals surface area contributed by atoms with Crippen molar-refractivity contribution >= 4 is 11.7 Å². The maximum absolute atomic E-state index is 13.2. The summed E-state index contributed by atoms with van der Waals surface area (Å²) in [5.74, 6) is 0.324. The lowest BCUT2D eigenvalue weighted by Crippen LogP contribution is -2.24. The number of hydrogen-bond acceptors (Lipinski definition) is 3. The van der Waals surface area contributed by atoms with Crippen LogP contribution in [0.2, 0.25) is 0 Å². The van der Waals surface area contributed by atoms with Crippen LogP contribution in [0.4, 0.5) is 10.2 Å². The Balaban J connectivity index is 1.84. The second-order valence-corrected chi connectivity index (χ2v) is 6.35. The predicted octanol–water partition coefficient (Wildman–Crippen LogP) is 2.84. The first-order valence-corrected chi connectivity index (χ1v) is 8.09. The zero-order chi connectivity index (χ0) is 17.7. The van der Waals surface area contributed by atoms with Crippen molar-refractivity contribution in [2.45, 2.75) is 26.2 Å². The maximum Gasteiger partial charge on any atom is 0.226 e. The fourth-order valence-electron chi connectivity index (χ4n) is 3.59. The molecule has 7 heteroatoms. The van der Waals surface area contributed by atoms with Crippen LogP contribution in [0.25, 0.3) is 5.69 Å². The average Bonchev–Trinajstić information content (AvgIpc) is 3.08. The first kappa shape index (κ1) is 15.6. The topological polar surface area (TPSA) is 64.7 Å². The highest BCUT2D eigenvalue weighted by atomic mass is 19.1. The van der Waals surface area contributed by atoms with Crippen LogP contribution in [-0.2, 0) is 11.8 Å². The number of hydrogen-bond donors (Lipinski definition) is 1. The lowest BCUT2D eigenvalue weighted by Gasteiger charge is -2.23. The molecular weight excluding hydrogens is 321 g/mol. The van der Waals surface area contributed by atoms with Crippen LogP contribution in [0.1, 0.15) is 34.9 Å². The summed E-state index contributed by atoms with van der Waals surface area (Å²) in [5, 5.41) is 11.8. The van der Waals surface area contributed by atoms with E-state index in [0.717, 1.165) is 34.0 Å². The minimum atomic E-state index is -0.283. The van der Waals surface area contributed by atoms with Gasteiger partial charge in [-0.15, -0.1) is 0 Å². The zero-order valence-electron chi connectivity index (χ0n) is 14.2. The molecule has 0 aliphatic carbocycles. The van der Waals surface area contributed by atoms with Gasteiger partial charge in [-0.1, -0.05) is 0 Å². The van der Waals surface area contributed by atoms with Crippen molar-refractivity contribution in [3.8, 4) is 5.69 Å². The van der Waals surface area contributed by atoms with Gasteiger partial charge in [0.25, 0.3) is 0 Å². The number of aryl methyl sites for hydroxylation is 2. The minimum Gasteiger partial charge on any atom is -0.311 e. The van der Waals surface area contributed by atoms with Gasteiger partial charge in [0.1, 0.15) is 11.6 Å². The Morgan fingerprint density at radius 2 is 1.96 bits per heavy atom. The number of anilines is 1. The molecule has 128 valence electrons. The van der Waals surface area contributed by atoms with E-state index in [0.29, 0.717) is 6.42 Å². The van der Waals surface area contributed by atoms with Crippen molar-refractivity contribution in [3.63, 3.8) is 0 Å². The molecule has 1 atom stereocenters. The van der Waals surface area contributed by atoms with Crippen LogP contribution >= 0.6 is 0 Å². The van der Waals surface area contributed by atoms with E-state index in [4.69, 9.17) is 0 Å². The van der Waals surface area contributed by atoms with Gasteiger partial charge in [-0.25, -0.2) is 9.07 Å². The Kier molecular flexibility index (Phi) is 3.45. The number of carbonyl (C=O) groups excluding carboxylic acids is 1. The number of fused-ring (bicyclic) bond motifs is 1. The van der Waals surface area contributed by atoms with Crippen LogP contribution in [0, 0.1) is 19.7 Å². The summed E-state index contributed by atoms with van der Waals surface area (Å²) < 4.78 is 16.7. The normalized spacial score (nSPS) is 16.6. The van der Waals surface area contributed by atoms with Crippen molar-refractivity contribution in [2.75, 3.05) is 5.32 Å². The van der Waals surface area contributed by atoms with E-state index < -0.39 is 0 Å². The van der Waals surface area contributed by atoms with Gasteiger partial charge in [0.05, 0.1) is 17.6 Å². The van der Waals surface area contributed by atoms with Crippen molar-refractivity contribution in [3.05, 3.63) is 58.8 Å². The van der Waals surface area contributed by atoms with E-state index in [-0.39, 0.29) is 17.6 Å². The van der Waals surface area contributed by atoms with Gasteiger partial charge in [0.15, 0.2) is 0 Å². The highest BCUT2D eigenvalue weighted by Crippen LogP contribution is 2.39. The Bertz CT molecular complexity index is 970. The molecule has 1 amide bonds. The molecule has 3 heterocycles. The number of carbonyl (C=O) groups is 1. The molecule has 1 unspecified atom stereocenters. The first-order chi connectivity index (χ1) is 12.0. The van der Waals surface area contributed by atoms with E-state index in [9.17, 15) is 9.18 Å². The zero-order valence-corrected chi connectivity index (χ0v) is 14.2. The molecule has 2 aromatic heterocycles. The molecule has 0 bridgehead atoms. The SMILES string of the molecule is Cc1nn(-c2ccc(F)cc2)c(C)c1C1CC(=O)Nc2c1cnn2C. The van der Waals surface area contributed by atoms with Gasteiger partial charge in [-0.05, 0) is 38.1 Å². The van der Waals surface area contributed by atoms with Crippen LogP contribution < -0.4 is 5.32 Å². The number of amides is 1. The second-order valence-electron chi connectivity index (χ2n) is 6.35. The van der Waals surface area contributed by atoms with Gasteiger partial charge in [0.2, 0.25) is 5.91 Å². The molecule has 0 saturated heterocycles. The van der Waals surface area contributed by atoms with Crippen molar-refractivity contribution in [1.82, 2.24) is 19.6 Å². The predicted molar refractivity (Wildman–Crippen MR) is 91.3 cm³/mol. The van der Waals surface area contributed by atoms with E-state index in [1.54, 1.807) is 27.7 Å². The third kappa shape index (κ3) is 2.43. The van der Waals surface area contributed by atoms with Crippen LogP contribution in [0.15, 0.2) is 30.5 Å². The van der Waals surface area contributed by atoms with Crippen LogP contribution in [0.5, 0.6) is 0 Å². The number of halogens is 1. The van der Waals surface area contributed by atoms with Gasteiger partial charge in [0, 0.05) is 36.2 Å². The summed E-state index contributed by atoms with van der Waals surface area (Å²) in [4.78, 5) is 12.2. The number of nitrogens with zero attached hydrogens (tertiary/aromatic N) is 4. The van der Waals surface area contributed by atoms with E-state index >= 15 is 0 Å². The highest BCUT2D eigenvalue weighted by Gasteiger charge is 2.33. The molecule has 0 spiro atoms. The molecule has 1 aliphatic rings. The van der Waals surface area contributed by atoms with Crippen molar-refractivity contribution in [1.29, 1.82) is 0 Å². The van der Waals surface area contributed by atoms with E-state index in [1.807, 2.05) is 20.9 Å². The molecule has 1 N–H and O–H groups in total. The lowest BCUT2D eigenvalue weighted by atomic mass is 9.86. The summed E-state index contributed by atoms with van der Waals surface area (Å²) >= 11 is 0. The lowest BCUT2D eigenvalue weighted by molar-refractivity contribution is -0.116. The van der Waals surface area contributed by atoms with Crippen molar-refractivity contribution in [2.24, 2.45) is 7.05 Å². The Hall–Kier alpha value is -2.96. The standard InChI is InChI=1S/C18H18FN5O/c1-10-17(11(2)24(22-10)13-6-4-12(19)5-7-13)14-8-16(25)21-18-15(14)9-20-23(18)3/h4-7,9,14H,8H2,1-3H3,(H,21,25). The van der Waals surface area contributed by atoms with E-state index in [2.05, 4.69) is 15.5 Å². The number of nitrogens with one attached hydrogen (secondary N) is 1. The third-order valence-corrected chi connectivity index (χ3v) is 4.76. The van der Waals surface area contributed by atoms with Gasteiger partial charge in [-0.2, -0.15) is 10.2 Å². The Morgan fingerprint density at radius 3 is 2.68 bits per heavy atom. The molecule has 0 saturated carbocycles. The summed E-state index contributed by atoms with van der Waals surface area (Å²) in [7, 11) is 1.81. The fourth-order valence-corrected chi connectivity index (χ4v) is 3.59. The smallest absolute Gasteiger partial charge is 0.226 e. The number of aromatic nitrogens is 4. The molecule has 3 aromatic rings. The molecule has 0 radical (unpaired) electrons. The number of benzene rings is 1. The Labute approximate surface area is 144 Å². The van der Waals surface area contributed by atoms with Gasteiger partial charge in [-0.3, -0.25) is 9.48 Å². The number of rotatable bonds is 2. The molecule has 4 rings (SSSR count). The summed E-state index contributed by atoms with van der Waals surface area (Å²) in [5.41, 5.74) is 4.61. The minimum absolute atomic E-state index is 0.0329. The molecule has 6 nitrogen and oxygen atoms in total. The first-order valence-electron chi connectivity index (χ1n) is 8.09. The molecular formula is C18H18FN5O. The summed E-state index contributed by atoms with van der Waals surface area (Å²) in [6.07, 6.45) is 2.16. The van der Waals surface area contributed by atoms with Crippen LogP contribution in [0.3, 0.4) is 0 Å². The maximum atomic E-state index is 13.2. The Morgan fingerprint density at radius 1 is 1.24 bits per heavy atom. The highest BCUT2D eigenvalue weighted by molar-refractivity contribution is 5.94. The summed E-state index contributed by atoms with van der Waals surface area (Å²) in [6.45, 7) is 3.91. The second kappa shape index (κ2) is 5.54. The molecule has 0 fully saturated rings. The quantitative estimate of drug-likeness (QED) is 0.781. The van der Waals surface area contributed by atoms with Gasteiger partial charge >= 0.3 is 0 Å².